The Hall–Kier alpha value is -3.07. The third kappa shape index (κ3) is 2.70. The molecular formula is C19H19N3O5S. The van der Waals surface area contributed by atoms with Crippen LogP contribution in [-0.2, 0) is 21.7 Å². The molecule has 8 nitrogen and oxygen atoms in total. The third-order valence-electron chi connectivity index (χ3n) is 4.83. The number of aromatic nitrogens is 2. The number of hydrogen-bond acceptors (Lipinski definition) is 5. The lowest BCUT2D eigenvalue weighted by Crippen LogP contribution is -2.45. The molecule has 146 valence electrons. The van der Waals surface area contributed by atoms with Crippen molar-refractivity contribution >= 4 is 32.3 Å². The second-order valence-electron chi connectivity index (χ2n) is 7.41. The average molecular weight is 401 g/mol. The molecule has 4 rings (SSSR count). The quantitative estimate of drug-likeness (QED) is 0.683. The van der Waals surface area contributed by atoms with Gasteiger partial charge in [0.1, 0.15) is 5.52 Å². The van der Waals surface area contributed by atoms with Crippen molar-refractivity contribution in [1.29, 1.82) is 0 Å². The Morgan fingerprint density at radius 3 is 2.54 bits per heavy atom. The van der Waals surface area contributed by atoms with Gasteiger partial charge in [-0.3, -0.25) is 9.59 Å². The highest BCUT2D eigenvalue weighted by molar-refractivity contribution is 7.90. The fraction of sp³-hybridized carbons (Fsp3) is 0.263. The zero-order chi connectivity index (χ0) is 20.4. The van der Waals surface area contributed by atoms with E-state index in [4.69, 9.17) is 4.74 Å². The molecule has 0 aliphatic carbocycles. The predicted octanol–water partition coefficient (Wildman–Crippen LogP) is 2.05. The molecule has 0 unspecified atom stereocenters. The molecular weight excluding hydrogens is 382 g/mol. The van der Waals surface area contributed by atoms with E-state index in [9.17, 15) is 18.0 Å². The molecule has 1 amide bonds. The number of amides is 1. The Labute approximate surface area is 161 Å². The highest BCUT2D eigenvalue weighted by Gasteiger charge is 2.37. The molecule has 3 aromatic rings. The fourth-order valence-electron chi connectivity index (χ4n) is 3.28. The van der Waals surface area contributed by atoms with E-state index < -0.39 is 15.4 Å². The number of fused-ring (bicyclic) bond motifs is 2. The standard InChI is InChI=1S/C19H19N3O5S/c1-19(2)18(24)21-14-8-10(28(4,25)26)7-12(16(14)27-19)13-9-22(3)17(23)15-11(13)5-6-20-15/h5-9,20H,1-4H3,(H,21,24). The molecule has 0 fully saturated rings. The number of aryl methyl sites for hydroxylation is 1. The van der Waals surface area contributed by atoms with Gasteiger partial charge in [-0.1, -0.05) is 0 Å². The maximum atomic E-state index is 12.4. The van der Waals surface area contributed by atoms with E-state index >= 15 is 0 Å². The highest BCUT2D eigenvalue weighted by Crippen LogP contribution is 2.45. The molecule has 1 aliphatic rings. The summed E-state index contributed by atoms with van der Waals surface area (Å²) in [5.41, 5.74) is 0.439. The minimum Gasteiger partial charge on any atom is -0.475 e. The van der Waals surface area contributed by atoms with Crippen LogP contribution in [0, 0.1) is 0 Å². The monoisotopic (exact) mass is 401 g/mol. The van der Waals surface area contributed by atoms with Gasteiger partial charge in [0.05, 0.1) is 10.6 Å². The predicted molar refractivity (Wildman–Crippen MR) is 105 cm³/mol. The number of nitrogens with one attached hydrogen (secondary N) is 2. The van der Waals surface area contributed by atoms with Gasteiger partial charge in [0.2, 0.25) is 0 Å². The van der Waals surface area contributed by atoms with Crippen LogP contribution in [0.1, 0.15) is 13.8 Å². The Morgan fingerprint density at radius 1 is 1.14 bits per heavy atom. The Balaban J connectivity index is 2.12. The topological polar surface area (TPSA) is 110 Å². The number of carbonyl (C=O) groups is 1. The van der Waals surface area contributed by atoms with Gasteiger partial charge in [-0.05, 0) is 32.0 Å². The van der Waals surface area contributed by atoms with Crippen molar-refractivity contribution in [3.05, 3.63) is 40.9 Å². The normalized spacial score (nSPS) is 15.8. The Bertz CT molecular complexity index is 1320. The van der Waals surface area contributed by atoms with Crippen molar-refractivity contribution < 1.29 is 17.9 Å². The van der Waals surface area contributed by atoms with Crippen molar-refractivity contribution in [2.24, 2.45) is 7.05 Å². The smallest absolute Gasteiger partial charge is 0.274 e. The van der Waals surface area contributed by atoms with Crippen LogP contribution < -0.4 is 15.6 Å². The van der Waals surface area contributed by atoms with Crippen LogP contribution in [0.3, 0.4) is 0 Å². The molecule has 0 atom stereocenters. The first kappa shape index (κ1) is 18.3. The van der Waals surface area contributed by atoms with Gasteiger partial charge in [0, 0.05) is 42.2 Å². The van der Waals surface area contributed by atoms with E-state index in [0.29, 0.717) is 27.8 Å². The van der Waals surface area contributed by atoms with Crippen molar-refractivity contribution in [2.45, 2.75) is 24.3 Å². The number of nitrogens with zero attached hydrogens (tertiary/aromatic N) is 1. The molecule has 0 saturated carbocycles. The van der Waals surface area contributed by atoms with E-state index in [1.807, 2.05) is 0 Å². The largest absolute Gasteiger partial charge is 0.475 e. The van der Waals surface area contributed by atoms with Gasteiger partial charge >= 0.3 is 0 Å². The summed E-state index contributed by atoms with van der Waals surface area (Å²) in [6.07, 6.45) is 4.38. The molecule has 0 saturated heterocycles. The summed E-state index contributed by atoms with van der Waals surface area (Å²) in [5.74, 6) is -0.0120. The molecule has 28 heavy (non-hydrogen) atoms. The van der Waals surface area contributed by atoms with Crippen LogP contribution in [0.15, 0.2) is 40.3 Å². The number of H-pyrrole nitrogens is 1. The van der Waals surface area contributed by atoms with Crippen LogP contribution >= 0.6 is 0 Å². The van der Waals surface area contributed by atoms with Gasteiger partial charge in [-0.15, -0.1) is 0 Å². The number of aromatic amines is 1. The van der Waals surface area contributed by atoms with Gasteiger partial charge < -0.3 is 19.6 Å². The molecule has 1 aliphatic heterocycles. The lowest BCUT2D eigenvalue weighted by atomic mass is 9.98. The molecule has 9 heteroatoms. The molecule has 0 radical (unpaired) electrons. The number of sulfone groups is 1. The van der Waals surface area contributed by atoms with E-state index in [1.165, 1.54) is 16.7 Å². The summed E-state index contributed by atoms with van der Waals surface area (Å²) in [5, 5.41) is 3.37. The molecule has 2 aromatic heterocycles. The summed E-state index contributed by atoms with van der Waals surface area (Å²) in [6, 6.07) is 4.64. The summed E-state index contributed by atoms with van der Waals surface area (Å²) >= 11 is 0. The number of benzene rings is 1. The van der Waals surface area contributed by atoms with Crippen molar-refractivity contribution in [1.82, 2.24) is 9.55 Å². The first-order valence-corrected chi connectivity index (χ1v) is 10.4. The highest BCUT2D eigenvalue weighted by atomic mass is 32.2. The fourth-order valence-corrected chi connectivity index (χ4v) is 3.94. The third-order valence-corrected chi connectivity index (χ3v) is 5.92. The van der Waals surface area contributed by atoms with Crippen molar-refractivity contribution in [3.8, 4) is 16.9 Å². The average Bonchev–Trinajstić information content (AvgIpc) is 3.07. The molecule has 2 N–H and O–H groups in total. The maximum absolute atomic E-state index is 12.4. The van der Waals surface area contributed by atoms with E-state index in [2.05, 4.69) is 10.3 Å². The lowest BCUT2D eigenvalue weighted by molar-refractivity contribution is -0.129. The SMILES string of the molecule is Cn1cc(-c2cc(S(C)(=O)=O)cc3c2OC(C)(C)C(=O)N3)c2cc[nH]c2c1=O. The number of anilines is 1. The zero-order valence-corrected chi connectivity index (χ0v) is 16.6. The summed E-state index contributed by atoms with van der Waals surface area (Å²) in [6.45, 7) is 3.26. The first-order chi connectivity index (χ1) is 13.0. The first-order valence-electron chi connectivity index (χ1n) is 8.55. The number of hydrogen-bond donors (Lipinski definition) is 2. The van der Waals surface area contributed by atoms with Crippen LogP contribution in [0.2, 0.25) is 0 Å². The van der Waals surface area contributed by atoms with E-state index in [1.54, 1.807) is 39.4 Å². The maximum Gasteiger partial charge on any atom is 0.274 e. The minimum atomic E-state index is -3.55. The number of rotatable bonds is 2. The second-order valence-corrected chi connectivity index (χ2v) is 9.43. The number of ether oxygens (including phenoxy) is 1. The second kappa shape index (κ2) is 5.71. The molecule has 3 heterocycles. The van der Waals surface area contributed by atoms with Crippen molar-refractivity contribution in [3.63, 3.8) is 0 Å². The Morgan fingerprint density at radius 2 is 1.86 bits per heavy atom. The summed E-state index contributed by atoms with van der Waals surface area (Å²) < 4.78 is 31.9. The number of carbonyl (C=O) groups excluding carboxylic acids is 1. The molecule has 0 spiro atoms. The molecule has 0 bridgehead atoms. The van der Waals surface area contributed by atoms with Crippen LogP contribution in [0.5, 0.6) is 5.75 Å². The lowest BCUT2D eigenvalue weighted by Gasteiger charge is -2.33. The minimum absolute atomic E-state index is 0.0439. The van der Waals surface area contributed by atoms with Crippen LogP contribution in [0.25, 0.3) is 22.0 Å². The zero-order valence-electron chi connectivity index (χ0n) is 15.8. The summed E-state index contributed by atoms with van der Waals surface area (Å²) in [4.78, 5) is 27.7. The van der Waals surface area contributed by atoms with Crippen LogP contribution in [-0.4, -0.2) is 35.7 Å². The van der Waals surface area contributed by atoms with Crippen LogP contribution in [0.4, 0.5) is 5.69 Å². The van der Waals surface area contributed by atoms with E-state index in [0.717, 1.165) is 6.26 Å². The van der Waals surface area contributed by atoms with Crippen molar-refractivity contribution in [2.75, 3.05) is 11.6 Å². The number of pyridine rings is 1. The van der Waals surface area contributed by atoms with E-state index in [-0.39, 0.29) is 22.0 Å². The van der Waals surface area contributed by atoms with Gasteiger partial charge in [0.15, 0.2) is 21.2 Å². The molecule has 1 aromatic carbocycles. The Kier molecular flexibility index (Phi) is 3.73. The van der Waals surface area contributed by atoms with Gasteiger partial charge in [-0.2, -0.15) is 0 Å². The van der Waals surface area contributed by atoms with Gasteiger partial charge in [0.25, 0.3) is 11.5 Å². The summed E-state index contributed by atoms with van der Waals surface area (Å²) in [7, 11) is -1.94. The van der Waals surface area contributed by atoms with Gasteiger partial charge in [-0.25, -0.2) is 8.42 Å².